The van der Waals surface area contributed by atoms with Crippen LogP contribution in [0.4, 0.5) is 5.69 Å². The summed E-state index contributed by atoms with van der Waals surface area (Å²) in [6.45, 7) is 2.33. The topological polar surface area (TPSA) is 29.5 Å². The van der Waals surface area contributed by atoms with E-state index >= 15 is 0 Å². The lowest BCUT2D eigenvalue weighted by atomic mass is 10.1. The zero-order valence-corrected chi connectivity index (χ0v) is 12.6. The molecule has 3 nitrogen and oxygen atoms in total. The number of fused-ring (bicyclic) bond motifs is 1. The Morgan fingerprint density at radius 1 is 1.20 bits per heavy atom. The van der Waals surface area contributed by atoms with Crippen molar-refractivity contribution in [3.05, 3.63) is 58.6 Å². The summed E-state index contributed by atoms with van der Waals surface area (Å²) in [6, 6.07) is 15.6. The summed E-state index contributed by atoms with van der Waals surface area (Å²) >= 11 is 3.46. The van der Waals surface area contributed by atoms with E-state index in [2.05, 4.69) is 15.9 Å². The number of hydrogen-bond donors (Lipinski definition) is 0. The predicted octanol–water partition coefficient (Wildman–Crippen LogP) is 3.76. The molecular weight excluding hydrogens is 318 g/mol. The highest BCUT2D eigenvalue weighted by molar-refractivity contribution is 9.10. The third kappa shape index (κ3) is 2.43. The molecule has 0 fully saturated rings. The molecule has 1 aliphatic rings. The molecule has 1 amide bonds. The molecular formula is C16H14BrNO2. The summed E-state index contributed by atoms with van der Waals surface area (Å²) in [6.07, 6.45) is -0.447. The maximum absolute atomic E-state index is 12.4. The standard InChI is InChI=1S/C16H14BrNO2/c1-11-16(19)18(10-12-5-4-6-13(17)9-12)14-7-2-3-8-15(14)20-11/h2-9,11H,10H2,1H3. The van der Waals surface area contributed by atoms with Crippen molar-refractivity contribution in [1.82, 2.24) is 0 Å². The zero-order chi connectivity index (χ0) is 14.1. The number of anilines is 1. The number of para-hydroxylation sites is 2. The van der Waals surface area contributed by atoms with Gasteiger partial charge in [-0.25, -0.2) is 0 Å². The number of hydrogen-bond acceptors (Lipinski definition) is 2. The van der Waals surface area contributed by atoms with Crippen LogP contribution in [0.1, 0.15) is 12.5 Å². The van der Waals surface area contributed by atoms with E-state index in [0.29, 0.717) is 6.54 Å². The molecule has 1 atom stereocenters. The number of rotatable bonds is 2. The molecule has 1 heterocycles. The summed E-state index contributed by atoms with van der Waals surface area (Å²) in [5.41, 5.74) is 1.91. The van der Waals surface area contributed by atoms with Gasteiger partial charge in [-0.1, -0.05) is 40.2 Å². The van der Waals surface area contributed by atoms with Crippen molar-refractivity contribution < 1.29 is 9.53 Å². The van der Waals surface area contributed by atoms with Crippen LogP contribution in [0.15, 0.2) is 53.0 Å². The zero-order valence-electron chi connectivity index (χ0n) is 11.0. The molecule has 0 spiro atoms. The Morgan fingerprint density at radius 2 is 2.00 bits per heavy atom. The lowest BCUT2D eigenvalue weighted by molar-refractivity contribution is -0.125. The normalized spacial score (nSPS) is 17.6. The molecule has 3 rings (SSSR count). The molecule has 1 unspecified atom stereocenters. The van der Waals surface area contributed by atoms with Crippen molar-refractivity contribution in [2.24, 2.45) is 0 Å². The Kier molecular flexibility index (Phi) is 3.49. The molecule has 2 aromatic rings. The summed E-state index contributed by atoms with van der Waals surface area (Å²) in [4.78, 5) is 14.1. The van der Waals surface area contributed by atoms with E-state index in [1.807, 2.05) is 48.5 Å². The van der Waals surface area contributed by atoms with Gasteiger partial charge in [-0.05, 0) is 36.8 Å². The first kappa shape index (κ1) is 13.2. The van der Waals surface area contributed by atoms with Crippen LogP contribution in [0, 0.1) is 0 Å². The SMILES string of the molecule is CC1Oc2ccccc2N(Cc2cccc(Br)c2)C1=O. The molecule has 4 heteroatoms. The number of carbonyl (C=O) groups is 1. The second kappa shape index (κ2) is 5.29. The fourth-order valence-corrected chi connectivity index (χ4v) is 2.79. The summed E-state index contributed by atoms with van der Waals surface area (Å²) < 4.78 is 6.65. The minimum atomic E-state index is -0.447. The highest BCUT2D eigenvalue weighted by Gasteiger charge is 2.31. The molecule has 0 aliphatic carbocycles. The van der Waals surface area contributed by atoms with Crippen molar-refractivity contribution >= 4 is 27.5 Å². The Hall–Kier alpha value is -1.81. The van der Waals surface area contributed by atoms with Gasteiger partial charge in [-0.2, -0.15) is 0 Å². The van der Waals surface area contributed by atoms with Crippen molar-refractivity contribution in [2.75, 3.05) is 4.90 Å². The lowest BCUT2D eigenvalue weighted by Crippen LogP contribution is -2.43. The second-order valence-corrected chi connectivity index (χ2v) is 5.70. The number of benzene rings is 2. The van der Waals surface area contributed by atoms with Crippen LogP contribution in [-0.2, 0) is 11.3 Å². The molecule has 102 valence electrons. The van der Waals surface area contributed by atoms with E-state index in [0.717, 1.165) is 21.5 Å². The van der Waals surface area contributed by atoms with Gasteiger partial charge in [0.15, 0.2) is 6.10 Å². The van der Waals surface area contributed by atoms with Gasteiger partial charge in [-0.3, -0.25) is 4.79 Å². The summed E-state index contributed by atoms with van der Waals surface area (Å²) in [7, 11) is 0. The molecule has 20 heavy (non-hydrogen) atoms. The van der Waals surface area contributed by atoms with Gasteiger partial charge in [0.05, 0.1) is 12.2 Å². The number of amides is 1. The van der Waals surface area contributed by atoms with Crippen molar-refractivity contribution in [1.29, 1.82) is 0 Å². The summed E-state index contributed by atoms with van der Waals surface area (Å²) in [5, 5.41) is 0. The fraction of sp³-hybridized carbons (Fsp3) is 0.188. The van der Waals surface area contributed by atoms with Gasteiger partial charge in [0.1, 0.15) is 5.75 Å². The number of nitrogens with zero attached hydrogens (tertiary/aromatic N) is 1. The monoisotopic (exact) mass is 331 g/mol. The third-order valence-corrected chi connectivity index (χ3v) is 3.80. The molecule has 2 aromatic carbocycles. The van der Waals surface area contributed by atoms with Crippen LogP contribution in [0.3, 0.4) is 0 Å². The fourth-order valence-electron chi connectivity index (χ4n) is 2.34. The van der Waals surface area contributed by atoms with E-state index in [1.165, 1.54) is 0 Å². The smallest absolute Gasteiger partial charge is 0.268 e. The average molecular weight is 332 g/mol. The van der Waals surface area contributed by atoms with Gasteiger partial charge in [0.2, 0.25) is 0 Å². The Morgan fingerprint density at radius 3 is 2.80 bits per heavy atom. The Bertz CT molecular complexity index is 656. The van der Waals surface area contributed by atoms with Gasteiger partial charge in [0, 0.05) is 4.47 Å². The van der Waals surface area contributed by atoms with Crippen molar-refractivity contribution in [2.45, 2.75) is 19.6 Å². The maximum atomic E-state index is 12.4. The van der Waals surface area contributed by atoms with Crippen molar-refractivity contribution in [3.63, 3.8) is 0 Å². The Balaban J connectivity index is 1.97. The minimum absolute atomic E-state index is 0.0105. The molecule has 0 saturated carbocycles. The molecule has 0 aromatic heterocycles. The van der Waals surface area contributed by atoms with Gasteiger partial charge >= 0.3 is 0 Å². The van der Waals surface area contributed by atoms with Crippen LogP contribution in [0.25, 0.3) is 0 Å². The van der Waals surface area contributed by atoms with Crippen LogP contribution in [0.2, 0.25) is 0 Å². The first-order valence-corrected chi connectivity index (χ1v) is 7.26. The van der Waals surface area contributed by atoms with Crippen LogP contribution < -0.4 is 9.64 Å². The first-order valence-electron chi connectivity index (χ1n) is 6.46. The molecule has 0 N–H and O–H groups in total. The van der Waals surface area contributed by atoms with E-state index < -0.39 is 6.10 Å². The Labute approximate surface area is 126 Å². The second-order valence-electron chi connectivity index (χ2n) is 4.78. The van der Waals surface area contributed by atoms with Crippen LogP contribution >= 0.6 is 15.9 Å². The van der Waals surface area contributed by atoms with Gasteiger partial charge < -0.3 is 9.64 Å². The quantitative estimate of drug-likeness (QED) is 0.838. The van der Waals surface area contributed by atoms with Crippen LogP contribution in [-0.4, -0.2) is 12.0 Å². The first-order chi connectivity index (χ1) is 9.65. The van der Waals surface area contributed by atoms with E-state index in [-0.39, 0.29) is 5.91 Å². The lowest BCUT2D eigenvalue weighted by Gasteiger charge is -2.33. The molecule has 0 bridgehead atoms. The number of carbonyl (C=O) groups excluding carboxylic acids is 1. The number of ether oxygens (including phenoxy) is 1. The van der Waals surface area contributed by atoms with Crippen LogP contribution in [0.5, 0.6) is 5.75 Å². The van der Waals surface area contributed by atoms with E-state index in [4.69, 9.17) is 4.74 Å². The van der Waals surface area contributed by atoms with E-state index in [1.54, 1.807) is 11.8 Å². The van der Waals surface area contributed by atoms with Crippen molar-refractivity contribution in [3.8, 4) is 5.75 Å². The average Bonchev–Trinajstić information content (AvgIpc) is 2.44. The number of halogens is 1. The molecule has 0 radical (unpaired) electrons. The summed E-state index contributed by atoms with van der Waals surface area (Å²) in [5.74, 6) is 0.748. The van der Waals surface area contributed by atoms with Gasteiger partial charge in [0.25, 0.3) is 5.91 Å². The van der Waals surface area contributed by atoms with E-state index in [9.17, 15) is 4.79 Å². The minimum Gasteiger partial charge on any atom is -0.479 e. The highest BCUT2D eigenvalue weighted by Crippen LogP contribution is 2.34. The largest absolute Gasteiger partial charge is 0.479 e. The molecule has 0 saturated heterocycles. The van der Waals surface area contributed by atoms with Gasteiger partial charge in [-0.15, -0.1) is 0 Å². The highest BCUT2D eigenvalue weighted by atomic mass is 79.9. The maximum Gasteiger partial charge on any atom is 0.268 e. The predicted molar refractivity (Wildman–Crippen MR) is 81.9 cm³/mol. The molecule has 1 aliphatic heterocycles. The third-order valence-electron chi connectivity index (χ3n) is 3.30.